The molecule has 0 aromatic heterocycles. The van der Waals surface area contributed by atoms with Crippen molar-refractivity contribution in [2.24, 2.45) is 9.98 Å². The number of halogens is 3. The van der Waals surface area contributed by atoms with Crippen LogP contribution in [0, 0.1) is 56.6 Å². The maximum absolute atomic E-state index is 13.6. The fourth-order valence-electron chi connectivity index (χ4n) is 5.14. The summed E-state index contributed by atoms with van der Waals surface area (Å²) in [6, 6.07) is 16.3. The zero-order valence-corrected chi connectivity index (χ0v) is 21.9. The van der Waals surface area contributed by atoms with Crippen molar-refractivity contribution in [3.8, 4) is 12.1 Å². The number of hydrogen-bond acceptors (Lipinski definition) is 4. The van der Waals surface area contributed by atoms with Gasteiger partial charge in [-0.2, -0.15) is 13.2 Å². The molecule has 0 saturated heterocycles. The van der Waals surface area contributed by atoms with Gasteiger partial charge in [-0.15, -0.1) is 0 Å². The molecule has 0 bridgehead atoms. The first-order chi connectivity index (χ1) is 19.5. The fourth-order valence-corrected chi connectivity index (χ4v) is 5.14. The minimum absolute atomic E-state index is 0.0557. The van der Waals surface area contributed by atoms with E-state index in [1.165, 1.54) is 13.0 Å². The lowest BCUT2D eigenvalue weighted by Gasteiger charge is -2.12. The highest BCUT2D eigenvalue weighted by Gasteiger charge is 2.35. The number of hydrogen-bond donors (Lipinski definition) is 0. The first kappa shape index (κ1) is 26.8. The van der Waals surface area contributed by atoms with Crippen LogP contribution in [0.25, 0.3) is 20.8 Å². The zero-order chi connectivity index (χ0) is 29.6. The van der Waals surface area contributed by atoms with Crippen LogP contribution in [0.1, 0.15) is 44.5 Å². The van der Waals surface area contributed by atoms with Crippen LogP contribution in [0.2, 0.25) is 0 Å². The molecule has 6 nitrogen and oxygen atoms in total. The van der Waals surface area contributed by atoms with Crippen LogP contribution in [-0.4, -0.2) is 11.4 Å². The van der Waals surface area contributed by atoms with E-state index in [2.05, 4.69) is 14.7 Å². The van der Waals surface area contributed by atoms with E-state index < -0.39 is 11.7 Å². The Morgan fingerprint density at radius 1 is 0.683 bits per heavy atom. The monoisotopic (exact) mass is 542 g/mol. The van der Waals surface area contributed by atoms with E-state index in [4.69, 9.17) is 18.1 Å². The van der Waals surface area contributed by atoms with E-state index in [0.717, 1.165) is 23.3 Å². The number of alkyl halides is 3. The first-order valence-electron chi connectivity index (χ1n) is 12.2. The van der Waals surface area contributed by atoms with Crippen LogP contribution in [0.5, 0.6) is 0 Å². The molecule has 0 spiro atoms. The Balaban J connectivity index is 1.79. The molecule has 196 valence electrons. The van der Waals surface area contributed by atoms with Crippen LogP contribution >= 0.6 is 0 Å². The number of nitrogens with zero attached hydrogens (tertiary/aromatic N) is 6. The molecule has 0 fully saturated rings. The summed E-state index contributed by atoms with van der Waals surface area (Å²) in [6.45, 7) is 20.6. The normalized spacial score (nSPS) is 15.9. The van der Waals surface area contributed by atoms with E-state index in [0.29, 0.717) is 39.2 Å². The summed E-state index contributed by atoms with van der Waals surface area (Å²) in [6.07, 6.45) is -4.61. The molecule has 2 aliphatic rings. The zero-order valence-electron chi connectivity index (χ0n) is 21.9. The van der Waals surface area contributed by atoms with Gasteiger partial charge in [-0.05, 0) is 68.8 Å². The molecule has 0 amide bonds. The molecule has 3 aromatic carbocycles. The van der Waals surface area contributed by atoms with E-state index in [-0.39, 0.29) is 33.9 Å². The van der Waals surface area contributed by atoms with Gasteiger partial charge in [0.25, 0.3) is 11.4 Å². The maximum atomic E-state index is 13.6. The highest BCUT2D eigenvalue weighted by molar-refractivity contribution is 6.40. The molecular formula is C32H17F3N6. The number of aryl methyl sites for hydroxylation is 3. The van der Waals surface area contributed by atoms with Gasteiger partial charge < -0.3 is 0 Å². The van der Waals surface area contributed by atoms with Crippen LogP contribution < -0.4 is 0 Å². The molecule has 0 saturated carbocycles. The topological polar surface area (TPSA) is 81.0 Å². The summed E-state index contributed by atoms with van der Waals surface area (Å²) in [7, 11) is 0. The quantitative estimate of drug-likeness (QED) is 0.242. The SMILES string of the molecule is [C-]#[N+]/C(C#N)=C1\C(c2cc(C)cc(C)c2)=Nc2cc3c(cc21)N=C(c1cc(C)cc(C(F)(F)F)c1)/C3=C(\C#N)[N+]#[C-]. The Kier molecular flexibility index (Phi) is 6.39. The van der Waals surface area contributed by atoms with E-state index >= 15 is 0 Å². The molecule has 9 heteroatoms. The van der Waals surface area contributed by atoms with Crippen molar-refractivity contribution in [3.05, 3.63) is 127 Å². The fraction of sp³-hybridized carbons (Fsp3) is 0.125. The summed E-state index contributed by atoms with van der Waals surface area (Å²) in [4.78, 5) is 16.1. The average molecular weight is 543 g/mol. The smallest absolute Gasteiger partial charge is 0.248 e. The van der Waals surface area contributed by atoms with Gasteiger partial charge in [0.2, 0.25) is 0 Å². The van der Waals surface area contributed by atoms with Crippen molar-refractivity contribution >= 4 is 33.9 Å². The summed E-state index contributed by atoms with van der Waals surface area (Å²) >= 11 is 0. The van der Waals surface area contributed by atoms with Gasteiger partial charge in [-0.25, -0.2) is 30.2 Å². The largest absolute Gasteiger partial charge is 0.416 e. The van der Waals surface area contributed by atoms with Crippen molar-refractivity contribution in [1.82, 2.24) is 0 Å². The van der Waals surface area contributed by atoms with E-state index in [1.807, 2.05) is 44.2 Å². The predicted octanol–water partition coefficient (Wildman–Crippen LogP) is 8.21. The number of fused-ring (bicyclic) bond motifs is 2. The van der Waals surface area contributed by atoms with Crippen LogP contribution in [0.4, 0.5) is 24.5 Å². The lowest BCUT2D eigenvalue weighted by molar-refractivity contribution is -0.137. The Hall–Kier alpha value is -5.77. The van der Waals surface area contributed by atoms with Crippen molar-refractivity contribution < 1.29 is 13.2 Å². The van der Waals surface area contributed by atoms with Crippen molar-refractivity contribution in [2.75, 3.05) is 0 Å². The van der Waals surface area contributed by atoms with Gasteiger partial charge in [0.1, 0.15) is 0 Å². The van der Waals surface area contributed by atoms with E-state index in [1.54, 1.807) is 12.1 Å². The Morgan fingerprint density at radius 3 is 1.49 bits per heavy atom. The molecular weight excluding hydrogens is 525 g/mol. The third-order valence-corrected chi connectivity index (χ3v) is 6.67. The lowest BCUT2D eigenvalue weighted by Crippen LogP contribution is -2.09. The molecule has 0 atom stereocenters. The molecule has 41 heavy (non-hydrogen) atoms. The molecule has 3 aromatic rings. The Bertz CT molecular complexity index is 1940. The van der Waals surface area contributed by atoms with Gasteiger partial charge in [-0.1, -0.05) is 17.2 Å². The number of aliphatic imine (C=N–C) groups is 2. The van der Waals surface area contributed by atoms with Gasteiger partial charge >= 0.3 is 6.18 Å². The van der Waals surface area contributed by atoms with Crippen molar-refractivity contribution in [1.29, 1.82) is 10.5 Å². The third-order valence-electron chi connectivity index (χ3n) is 6.67. The van der Waals surface area contributed by atoms with Crippen LogP contribution in [-0.2, 0) is 6.18 Å². The van der Waals surface area contributed by atoms with Gasteiger partial charge in [-0.3, -0.25) is 0 Å². The number of rotatable bonds is 2. The van der Waals surface area contributed by atoms with Gasteiger partial charge in [0.15, 0.2) is 0 Å². The molecule has 5 rings (SSSR count). The summed E-state index contributed by atoms with van der Waals surface area (Å²) in [5, 5.41) is 19.6. The molecule has 0 N–H and O–H groups in total. The van der Waals surface area contributed by atoms with Crippen molar-refractivity contribution in [2.45, 2.75) is 26.9 Å². The van der Waals surface area contributed by atoms with E-state index in [9.17, 15) is 23.7 Å². The van der Waals surface area contributed by atoms with Crippen molar-refractivity contribution in [3.63, 3.8) is 0 Å². The molecule has 2 heterocycles. The number of nitriles is 2. The van der Waals surface area contributed by atoms with Gasteiger partial charge in [0, 0.05) is 33.4 Å². The third kappa shape index (κ3) is 4.57. The summed E-state index contributed by atoms with van der Waals surface area (Å²) in [5.41, 5.74) is 4.09. The standard InChI is InChI=1S/C32H17F3N6/c1-16-6-17(2)8-19(7-16)30-28(26(14-36)38-4)22-12-25-23(13-24(22)40-30)29(27(15-37)39-5)31(41-25)20-9-18(3)10-21(11-20)32(33,34)35/h6-13H,1-3H3/b28-26-,29-27+. The maximum Gasteiger partial charge on any atom is 0.416 e. The minimum atomic E-state index is -4.61. The summed E-state index contributed by atoms with van der Waals surface area (Å²) in [5.74, 6) is 0. The highest BCUT2D eigenvalue weighted by atomic mass is 19.4. The minimum Gasteiger partial charge on any atom is -0.248 e. The molecule has 0 unspecified atom stereocenters. The van der Waals surface area contributed by atoms with Gasteiger partial charge in [0.05, 0.1) is 53.6 Å². The molecule has 0 aliphatic carbocycles. The molecule has 2 aliphatic heterocycles. The second-order valence-electron chi connectivity index (χ2n) is 9.66. The second kappa shape index (κ2) is 9.76. The number of benzene rings is 3. The molecule has 0 radical (unpaired) electrons. The Labute approximate surface area is 234 Å². The highest BCUT2D eigenvalue weighted by Crippen LogP contribution is 2.48. The lowest BCUT2D eigenvalue weighted by atomic mass is 9.91. The van der Waals surface area contributed by atoms with Crippen LogP contribution in [0.3, 0.4) is 0 Å². The van der Waals surface area contributed by atoms with Crippen LogP contribution in [0.15, 0.2) is 69.9 Å². The number of allylic oxidation sites excluding steroid dienone is 4. The Morgan fingerprint density at radius 2 is 1.10 bits per heavy atom. The first-order valence-corrected chi connectivity index (χ1v) is 12.2. The summed E-state index contributed by atoms with van der Waals surface area (Å²) < 4.78 is 40.9. The second-order valence-corrected chi connectivity index (χ2v) is 9.66. The average Bonchev–Trinajstić information content (AvgIpc) is 3.46. The predicted molar refractivity (Wildman–Crippen MR) is 149 cm³/mol.